The molecule has 15 heavy (non-hydrogen) atoms. The molecule has 0 aliphatic rings. The molecule has 0 aliphatic heterocycles. The second-order valence-corrected chi connectivity index (χ2v) is 2.84. The molecule has 0 N–H and O–H groups in total. The van der Waals surface area contributed by atoms with Gasteiger partial charge in [0, 0.05) is 12.8 Å². The van der Waals surface area contributed by atoms with Crippen molar-refractivity contribution in [2.24, 2.45) is 0 Å². The lowest BCUT2D eigenvalue weighted by atomic mass is 10.5. The molecule has 0 aliphatic carbocycles. The van der Waals surface area contributed by atoms with E-state index in [1.54, 1.807) is 13.2 Å². The van der Waals surface area contributed by atoms with Gasteiger partial charge in [0.1, 0.15) is 11.8 Å². The fourth-order valence-electron chi connectivity index (χ4n) is 0.785. The average Bonchev–Trinajstić information content (AvgIpc) is 2.20. The van der Waals surface area contributed by atoms with Crippen molar-refractivity contribution in [3.05, 3.63) is 16.9 Å². The van der Waals surface area contributed by atoms with Gasteiger partial charge in [-0.1, -0.05) is 25.4 Å². The van der Waals surface area contributed by atoms with Gasteiger partial charge in [0.2, 0.25) is 0 Å². The molecule has 4 nitrogen and oxygen atoms in total. The van der Waals surface area contributed by atoms with Gasteiger partial charge in [-0.25, -0.2) is 4.98 Å². The zero-order valence-electron chi connectivity index (χ0n) is 9.58. The van der Waals surface area contributed by atoms with Crippen molar-refractivity contribution in [2.45, 2.75) is 20.8 Å². The molecule has 0 bridgehead atoms. The molecule has 0 aromatic carbocycles. The van der Waals surface area contributed by atoms with E-state index >= 15 is 0 Å². The second kappa shape index (κ2) is 8.44. The third-order valence-electron chi connectivity index (χ3n) is 1.32. The predicted molar refractivity (Wildman–Crippen MR) is 60.5 cm³/mol. The average molecular weight is 233 g/mol. The molecule has 0 spiro atoms. The third-order valence-corrected chi connectivity index (χ3v) is 1.51. The maximum absolute atomic E-state index is 5.70. The SMILES string of the molecule is CC.COCCOc1nc(C)cc(Cl)n1. The molecule has 0 atom stereocenters. The highest BCUT2D eigenvalue weighted by Crippen LogP contribution is 2.10. The molecule has 1 heterocycles. The van der Waals surface area contributed by atoms with Crippen molar-refractivity contribution in [3.63, 3.8) is 0 Å². The lowest BCUT2D eigenvalue weighted by Crippen LogP contribution is -2.07. The topological polar surface area (TPSA) is 44.2 Å². The number of rotatable bonds is 4. The molecule has 0 amide bonds. The van der Waals surface area contributed by atoms with Gasteiger partial charge < -0.3 is 9.47 Å². The van der Waals surface area contributed by atoms with Crippen LogP contribution in [0.2, 0.25) is 5.15 Å². The molecule has 5 heteroatoms. The van der Waals surface area contributed by atoms with Crippen LogP contribution in [0.5, 0.6) is 6.01 Å². The number of nitrogens with zero attached hydrogens (tertiary/aromatic N) is 2. The number of ether oxygens (including phenoxy) is 2. The zero-order valence-corrected chi connectivity index (χ0v) is 10.3. The first-order valence-corrected chi connectivity index (χ1v) is 5.23. The standard InChI is InChI=1S/C8H11ClN2O2.C2H6/c1-6-5-7(9)11-8(10-6)13-4-3-12-2;1-2/h5H,3-4H2,1-2H3;1-2H3. The summed E-state index contributed by atoms with van der Waals surface area (Å²) in [6.07, 6.45) is 0. The molecular weight excluding hydrogens is 216 g/mol. The first kappa shape index (κ1) is 14.1. The Balaban J connectivity index is 0.000000921. The minimum absolute atomic E-state index is 0.294. The van der Waals surface area contributed by atoms with Crippen LogP contribution in [-0.4, -0.2) is 30.3 Å². The quantitative estimate of drug-likeness (QED) is 0.591. The van der Waals surface area contributed by atoms with Crippen molar-refractivity contribution in [1.82, 2.24) is 9.97 Å². The first-order chi connectivity index (χ1) is 7.22. The van der Waals surface area contributed by atoms with Crippen LogP contribution in [0.15, 0.2) is 6.07 Å². The third kappa shape index (κ3) is 6.25. The fraction of sp³-hybridized carbons (Fsp3) is 0.600. The fourth-order valence-corrected chi connectivity index (χ4v) is 1.02. The van der Waals surface area contributed by atoms with E-state index in [0.29, 0.717) is 24.4 Å². The van der Waals surface area contributed by atoms with E-state index in [-0.39, 0.29) is 0 Å². The molecule has 0 saturated heterocycles. The van der Waals surface area contributed by atoms with Gasteiger partial charge in [-0.05, 0) is 13.0 Å². The van der Waals surface area contributed by atoms with Crippen molar-refractivity contribution in [2.75, 3.05) is 20.3 Å². The Morgan fingerprint density at radius 3 is 2.47 bits per heavy atom. The molecule has 0 unspecified atom stereocenters. The van der Waals surface area contributed by atoms with Gasteiger partial charge in [-0.3, -0.25) is 0 Å². The summed E-state index contributed by atoms with van der Waals surface area (Å²) in [4.78, 5) is 7.91. The van der Waals surface area contributed by atoms with E-state index in [0.717, 1.165) is 5.69 Å². The predicted octanol–water partition coefficient (Wildman–Crippen LogP) is 2.49. The minimum atomic E-state index is 0.294. The Morgan fingerprint density at radius 2 is 1.93 bits per heavy atom. The van der Waals surface area contributed by atoms with E-state index in [9.17, 15) is 0 Å². The number of hydrogen-bond acceptors (Lipinski definition) is 4. The van der Waals surface area contributed by atoms with Crippen molar-refractivity contribution in [3.8, 4) is 6.01 Å². The van der Waals surface area contributed by atoms with Crippen LogP contribution >= 0.6 is 11.6 Å². The Morgan fingerprint density at radius 1 is 1.27 bits per heavy atom. The molecule has 0 saturated carbocycles. The number of methoxy groups -OCH3 is 1. The monoisotopic (exact) mass is 232 g/mol. The maximum atomic E-state index is 5.70. The first-order valence-electron chi connectivity index (χ1n) is 4.85. The van der Waals surface area contributed by atoms with Gasteiger partial charge in [-0.15, -0.1) is 0 Å². The molecule has 86 valence electrons. The summed E-state index contributed by atoms with van der Waals surface area (Å²) in [5, 5.41) is 0.389. The summed E-state index contributed by atoms with van der Waals surface area (Å²) in [6.45, 7) is 6.77. The van der Waals surface area contributed by atoms with Crippen LogP contribution in [0.25, 0.3) is 0 Å². The van der Waals surface area contributed by atoms with Crippen LogP contribution in [0.3, 0.4) is 0 Å². The largest absolute Gasteiger partial charge is 0.461 e. The highest BCUT2D eigenvalue weighted by Gasteiger charge is 2.00. The van der Waals surface area contributed by atoms with Gasteiger partial charge in [0.25, 0.3) is 0 Å². The summed E-state index contributed by atoms with van der Waals surface area (Å²) >= 11 is 5.70. The van der Waals surface area contributed by atoms with E-state index in [4.69, 9.17) is 21.1 Å². The minimum Gasteiger partial charge on any atom is -0.461 e. The highest BCUT2D eigenvalue weighted by atomic mass is 35.5. The van der Waals surface area contributed by atoms with E-state index in [1.807, 2.05) is 20.8 Å². The van der Waals surface area contributed by atoms with Gasteiger partial charge in [-0.2, -0.15) is 4.98 Å². The zero-order chi connectivity index (χ0) is 11.7. The summed E-state index contributed by atoms with van der Waals surface area (Å²) in [5.41, 5.74) is 0.785. The Hall–Kier alpha value is -0.870. The van der Waals surface area contributed by atoms with Crippen LogP contribution in [0, 0.1) is 6.92 Å². The lowest BCUT2D eigenvalue weighted by Gasteiger charge is -2.03. The maximum Gasteiger partial charge on any atom is 0.318 e. The normalized spacial score (nSPS) is 9.13. The molecule has 1 rings (SSSR count). The van der Waals surface area contributed by atoms with Crippen molar-refractivity contribution < 1.29 is 9.47 Å². The molecule has 0 fully saturated rings. The van der Waals surface area contributed by atoms with Crippen LogP contribution in [0.4, 0.5) is 0 Å². The molecule has 0 radical (unpaired) electrons. The number of hydrogen-bond donors (Lipinski definition) is 0. The van der Waals surface area contributed by atoms with Crippen LogP contribution < -0.4 is 4.74 Å². The van der Waals surface area contributed by atoms with Crippen molar-refractivity contribution >= 4 is 11.6 Å². The van der Waals surface area contributed by atoms with Gasteiger partial charge in [0.15, 0.2) is 0 Å². The van der Waals surface area contributed by atoms with E-state index in [2.05, 4.69) is 9.97 Å². The van der Waals surface area contributed by atoms with E-state index < -0.39 is 0 Å². The van der Waals surface area contributed by atoms with Crippen molar-refractivity contribution in [1.29, 1.82) is 0 Å². The van der Waals surface area contributed by atoms with Gasteiger partial charge >= 0.3 is 6.01 Å². The highest BCUT2D eigenvalue weighted by molar-refractivity contribution is 6.29. The number of aromatic nitrogens is 2. The Labute approximate surface area is 95.6 Å². The summed E-state index contributed by atoms with van der Waals surface area (Å²) in [6, 6.07) is 1.96. The number of halogens is 1. The van der Waals surface area contributed by atoms with E-state index in [1.165, 1.54) is 0 Å². The summed E-state index contributed by atoms with van der Waals surface area (Å²) in [7, 11) is 1.60. The Kier molecular flexibility index (Phi) is 7.95. The van der Waals surface area contributed by atoms with Crippen LogP contribution in [-0.2, 0) is 4.74 Å². The smallest absolute Gasteiger partial charge is 0.318 e. The Bertz CT molecular complexity index is 262. The molecule has 1 aromatic rings. The van der Waals surface area contributed by atoms with Gasteiger partial charge in [0.05, 0.1) is 6.61 Å². The lowest BCUT2D eigenvalue weighted by molar-refractivity contribution is 0.140. The molecule has 1 aromatic heterocycles. The molecular formula is C10H17ClN2O2. The second-order valence-electron chi connectivity index (χ2n) is 2.46. The van der Waals surface area contributed by atoms with Crippen LogP contribution in [0.1, 0.15) is 19.5 Å². The number of aryl methyl sites for hydroxylation is 1. The summed E-state index contributed by atoms with van der Waals surface area (Å²) in [5.74, 6) is 0. The summed E-state index contributed by atoms with van der Waals surface area (Å²) < 4.78 is 9.99.